The molecule has 4 rings (SSSR count). The van der Waals surface area contributed by atoms with Crippen LogP contribution in [0.25, 0.3) is 22.1 Å². The van der Waals surface area contributed by atoms with Crippen molar-refractivity contribution >= 4 is 10.8 Å². The van der Waals surface area contributed by atoms with E-state index < -0.39 is 23.7 Å². The van der Waals surface area contributed by atoms with Crippen molar-refractivity contribution in [2.45, 2.75) is 33.3 Å². The second-order valence-electron chi connectivity index (χ2n) is 7.72. The zero-order chi connectivity index (χ0) is 22.4. The molecule has 0 aliphatic heterocycles. The van der Waals surface area contributed by atoms with E-state index in [2.05, 4.69) is 10.2 Å². The third-order valence-corrected chi connectivity index (χ3v) is 5.32. The summed E-state index contributed by atoms with van der Waals surface area (Å²) in [6, 6.07) is 9.88. The number of aryl methyl sites for hydroxylation is 1. The van der Waals surface area contributed by atoms with E-state index in [-0.39, 0.29) is 22.8 Å². The number of nitrogens with zero attached hydrogens (tertiary/aromatic N) is 5. The summed E-state index contributed by atoms with van der Waals surface area (Å²) in [6.07, 6.45) is 0. The van der Waals surface area contributed by atoms with Crippen molar-refractivity contribution in [1.29, 1.82) is 0 Å². The van der Waals surface area contributed by atoms with Crippen LogP contribution in [0.2, 0.25) is 0 Å². The number of fused-ring (bicyclic) bond motifs is 1. The zero-order valence-corrected chi connectivity index (χ0v) is 17.6. The van der Waals surface area contributed by atoms with Crippen LogP contribution in [0.5, 0.6) is 0 Å². The van der Waals surface area contributed by atoms with Crippen LogP contribution in [-0.2, 0) is 13.7 Å². The molecule has 2 aromatic carbocycles. The lowest BCUT2D eigenvalue weighted by atomic mass is 10.0. The predicted octanol–water partition coefficient (Wildman–Crippen LogP) is 2.33. The molecule has 0 aliphatic rings. The Morgan fingerprint density at radius 3 is 2.35 bits per heavy atom. The molecule has 0 spiro atoms. The van der Waals surface area contributed by atoms with Crippen LogP contribution in [0.15, 0.2) is 46.0 Å². The molecule has 1 N–H and O–H groups in total. The van der Waals surface area contributed by atoms with Gasteiger partial charge in [-0.25, -0.2) is 9.18 Å². The maximum absolute atomic E-state index is 15.1. The van der Waals surface area contributed by atoms with Crippen LogP contribution in [0.1, 0.15) is 36.8 Å². The number of hydrogen-bond donors (Lipinski definition) is 1. The van der Waals surface area contributed by atoms with Crippen LogP contribution in [0.4, 0.5) is 4.39 Å². The maximum atomic E-state index is 15.1. The SMILES string of the molecule is Cc1ccccc1-n1nc(C(C)C)c2cc(-n3nc(CO)n(C)c3=O)c(F)cc2c1=O. The largest absolute Gasteiger partial charge is 0.388 e. The Hall–Kier alpha value is -3.59. The van der Waals surface area contributed by atoms with Crippen molar-refractivity contribution in [3.05, 3.63) is 80.1 Å². The molecule has 0 saturated heterocycles. The second kappa shape index (κ2) is 7.59. The fraction of sp³-hybridized carbons (Fsp3) is 0.273. The molecule has 0 unspecified atom stereocenters. The van der Waals surface area contributed by atoms with E-state index in [1.807, 2.05) is 39.0 Å². The summed E-state index contributed by atoms with van der Waals surface area (Å²) in [5.74, 6) is -0.752. The molecule has 160 valence electrons. The standard InChI is InChI=1S/C22H22FN5O3/c1-12(2)20-14-10-18(28-22(31)26(4)19(11-29)24-28)16(23)9-15(14)21(30)27(25-20)17-8-6-5-7-13(17)3/h5-10,12,29H,11H2,1-4H3. The number of halogens is 1. The second-order valence-corrected chi connectivity index (χ2v) is 7.72. The van der Waals surface area contributed by atoms with E-state index >= 15 is 4.39 Å². The summed E-state index contributed by atoms with van der Waals surface area (Å²) >= 11 is 0. The molecule has 4 aromatic rings. The number of benzene rings is 2. The number of rotatable bonds is 4. The zero-order valence-electron chi connectivity index (χ0n) is 17.6. The van der Waals surface area contributed by atoms with Gasteiger partial charge < -0.3 is 5.11 Å². The molecule has 2 aromatic heterocycles. The molecular formula is C22H22FN5O3. The summed E-state index contributed by atoms with van der Waals surface area (Å²) in [6.45, 7) is 5.26. The van der Waals surface area contributed by atoms with Gasteiger partial charge in [0.1, 0.15) is 18.1 Å². The third-order valence-electron chi connectivity index (χ3n) is 5.32. The molecule has 0 atom stereocenters. The Morgan fingerprint density at radius 2 is 1.74 bits per heavy atom. The lowest BCUT2D eigenvalue weighted by molar-refractivity contribution is 0.266. The van der Waals surface area contributed by atoms with E-state index in [1.165, 1.54) is 17.8 Å². The molecular weight excluding hydrogens is 401 g/mol. The monoisotopic (exact) mass is 423 g/mol. The average Bonchev–Trinajstić information content (AvgIpc) is 3.03. The van der Waals surface area contributed by atoms with Crippen LogP contribution in [-0.4, -0.2) is 29.2 Å². The van der Waals surface area contributed by atoms with E-state index in [1.54, 1.807) is 6.07 Å². The Labute approximate surface area is 176 Å². The van der Waals surface area contributed by atoms with Gasteiger partial charge in [0.05, 0.1) is 16.8 Å². The highest BCUT2D eigenvalue weighted by atomic mass is 19.1. The fourth-order valence-electron chi connectivity index (χ4n) is 3.60. The highest BCUT2D eigenvalue weighted by Crippen LogP contribution is 2.26. The fourth-order valence-corrected chi connectivity index (χ4v) is 3.60. The molecule has 0 fully saturated rings. The Morgan fingerprint density at radius 1 is 1.03 bits per heavy atom. The topological polar surface area (TPSA) is 94.9 Å². The molecule has 0 radical (unpaired) electrons. The minimum atomic E-state index is -0.772. The van der Waals surface area contributed by atoms with Gasteiger partial charge in [0.15, 0.2) is 5.82 Å². The quantitative estimate of drug-likeness (QED) is 0.544. The van der Waals surface area contributed by atoms with Crippen molar-refractivity contribution < 1.29 is 9.50 Å². The molecule has 0 aliphatic carbocycles. The summed E-state index contributed by atoms with van der Waals surface area (Å²) in [5.41, 5.74) is 0.905. The first-order valence-corrected chi connectivity index (χ1v) is 9.83. The van der Waals surface area contributed by atoms with Crippen molar-refractivity contribution in [3.63, 3.8) is 0 Å². The Balaban J connectivity index is 2.07. The molecule has 0 amide bonds. The van der Waals surface area contributed by atoms with Gasteiger partial charge in [0.25, 0.3) is 5.56 Å². The van der Waals surface area contributed by atoms with Crippen molar-refractivity contribution in [2.75, 3.05) is 0 Å². The highest BCUT2D eigenvalue weighted by Gasteiger charge is 2.21. The third kappa shape index (κ3) is 3.27. The van der Waals surface area contributed by atoms with Crippen molar-refractivity contribution in [3.8, 4) is 11.4 Å². The normalized spacial score (nSPS) is 11.6. The van der Waals surface area contributed by atoms with E-state index in [9.17, 15) is 14.7 Å². The average molecular weight is 423 g/mol. The number of para-hydroxylation sites is 1. The maximum Gasteiger partial charge on any atom is 0.350 e. The molecule has 0 saturated carbocycles. The number of aliphatic hydroxyl groups is 1. The van der Waals surface area contributed by atoms with Gasteiger partial charge in [-0.1, -0.05) is 32.0 Å². The molecule has 0 bridgehead atoms. The van der Waals surface area contributed by atoms with E-state index in [4.69, 9.17) is 0 Å². The number of aromatic nitrogens is 5. The van der Waals surface area contributed by atoms with Gasteiger partial charge in [-0.05, 0) is 36.6 Å². The van der Waals surface area contributed by atoms with Crippen LogP contribution in [0, 0.1) is 12.7 Å². The van der Waals surface area contributed by atoms with Gasteiger partial charge in [-0.2, -0.15) is 14.5 Å². The molecule has 9 heteroatoms. The minimum absolute atomic E-state index is 0.0786. The first kappa shape index (κ1) is 20.7. The van der Waals surface area contributed by atoms with E-state index in [0.29, 0.717) is 16.8 Å². The predicted molar refractivity (Wildman–Crippen MR) is 114 cm³/mol. The first-order chi connectivity index (χ1) is 14.7. The molecule has 31 heavy (non-hydrogen) atoms. The first-order valence-electron chi connectivity index (χ1n) is 9.83. The molecule has 2 heterocycles. The van der Waals surface area contributed by atoms with Crippen LogP contribution >= 0.6 is 0 Å². The summed E-state index contributed by atoms with van der Waals surface area (Å²) in [5, 5.41) is 18.6. The van der Waals surface area contributed by atoms with Gasteiger partial charge in [0, 0.05) is 12.4 Å². The number of hydrogen-bond acceptors (Lipinski definition) is 5. The van der Waals surface area contributed by atoms with Crippen molar-refractivity contribution in [2.24, 2.45) is 7.05 Å². The lowest BCUT2D eigenvalue weighted by Gasteiger charge is -2.15. The lowest BCUT2D eigenvalue weighted by Crippen LogP contribution is -2.26. The minimum Gasteiger partial charge on any atom is -0.388 e. The Kier molecular flexibility index (Phi) is 5.06. The van der Waals surface area contributed by atoms with Crippen LogP contribution in [0.3, 0.4) is 0 Å². The highest BCUT2D eigenvalue weighted by molar-refractivity contribution is 5.86. The number of aliphatic hydroxyl groups excluding tert-OH is 1. The van der Waals surface area contributed by atoms with Gasteiger partial charge in [-0.3, -0.25) is 9.36 Å². The van der Waals surface area contributed by atoms with Crippen LogP contribution < -0.4 is 11.2 Å². The smallest absolute Gasteiger partial charge is 0.350 e. The van der Waals surface area contributed by atoms with Gasteiger partial charge in [-0.15, -0.1) is 5.10 Å². The summed E-state index contributed by atoms with van der Waals surface area (Å²) < 4.78 is 18.4. The summed E-state index contributed by atoms with van der Waals surface area (Å²) in [4.78, 5) is 25.7. The van der Waals surface area contributed by atoms with Crippen molar-refractivity contribution in [1.82, 2.24) is 24.1 Å². The Bertz CT molecular complexity index is 1430. The molecule has 8 nitrogen and oxygen atoms in total. The van der Waals surface area contributed by atoms with E-state index in [0.717, 1.165) is 20.9 Å². The van der Waals surface area contributed by atoms with Gasteiger partial charge in [0.2, 0.25) is 0 Å². The summed E-state index contributed by atoms with van der Waals surface area (Å²) in [7, 11) is 1.44. The van der Waals surface area contributed by atoms with Gasteiger partial charge >= 0.3 is 5.69 Å².